The Morgan fingerprint density at radius 3 is 2.77 bits per heavy atom. The Labute approximate surface area is 86.0 Å². The molecule has 13 heavy (non-hydrogen) atoms. The fraction of sp³-hybridized carbons (Fsp3) is 0.900. The van der Waals surface area contributed by atoms with E-state index in [2.05, 4.69) is 12.2 Å². The van der Waals surface area contributed by atoms with E-state index in [-0.39, 0.29) is 5.91 Å². The minimum Gasteiger partial charge on any atom is -0.356 e. The molecule has 78 valence electrons. The Morgan fingerprint density at radius 2 is 2.23 bits per heavy atom. The molecule has 1 atom stereocenters. The Balaban J connectivity index is 3.20. The van der Waals surface area contributed by atoms with Crippen LogP contribution < -0.4 is 5.32 Å². The highest BCUT2D eigenvalue weighted by atomic mass is 35.5. The molecule has 1 amide bonds. The van der Waals surface area contributed by atoms with E-state index in [4.69, 9.17) is 11.6 Å². The van der Waals surface area contributed by atoms with Gasteiger partial charge in [-0.05, 0) is 25.2 Å². The molecule has 0 aromatic rings. The molecule has 0 aliphatic heterocycles. The standard InChI is InChI=1S/C10H20ClNO/c1-3-5-10(13)12-7-4-6-9(2)8-11/h9H,3-8H2,1-2H3,(H,12,13). The van der Waals surface area contributed by atoms with Crippen molar-refractivity contribution in [1.29, 1.82) is 0 Å². The first-order valence-corrected chi connectivity index (χ1v) is 5.56. The monoisotopic (exact) mass is 205 g/mol. The third kappa shape index (κ3) is 8.10. The molecular formula is C10H20ClNO. The fourth-order valence-corrected chi connectivity index (χ4v) is 1.23. The summed E-state index contributed by atoms with van der Waals surface area (Å²) in [6, 6.07) is 0. The first-order chi connectivity index (χ1) is 6.20. The van der Waals surface area contributed by atoms with Crippen molar-refractivity contribution in [1.82, 2.24) is 5.32 Å². The fourth-order valence-electron chi connectivity index (χ4n) is 1.07. The maximum atomic E-state index is 11.0. The first kappa shape index (κ1) is 12.8. The summed E-state index contributed by atoms with van der Waals surface area (Å²) < 4.78 is 0. The maximum Gasteiger partial charge on any atom is 0.219 e. The predicted octanol–water partition coefficient (Wildman–Crippen LogP) is 2.56. The normalized spacial score (nSPS) is 12.5. The highest BCUT2D eigenvalue weighted by Gasteiger charge is 2.01. The number of hydrogen-bond acceptors (Lipinski definition) is 1. The minimum absolute atomic E-state index is 0.168. The summed E-state index contributed by atoms with van der Waals surface area (Å²) in [4.78, 5) is 11.0. The molecule has 0 saturated carbocycles. The molecule has 2 nitrogen and oxygen atoms in total. The van der Waals surface area contributed by atoms with Crippen LogP contribution in [0.1, 0.15) is 39.5 Å². The number of alkyl halides is 1. The van der Waals surface area contributed by atoms with E-state index in [0.29, 0.717) is 18.2 Å². The number of hydrogen-bond donors (Lipinski definition) is 1. The minimum atomic E-state index is 0.168. The molecule has 1 unspecified atom stereocenters. The third-order valence-corrected chi connectivity index (χ3v) is 2.46. The summed E-state index contributed by atoms with van der Waals surface area (Å²) in [5, 5.41) is 2.88. The Morgan fingerprint density at radius 1 is 1.54 bits per heavy atom. The van der Waals surface area contributed by atoms with Gasteiger partial charge in [0.05, 0.1) is 0 Å². The van der Waals surface area contributed by atoms with Crippen LogP contribution in [0.3, 0.4) is 0 Å². The van der Waals surface area contributed by atoms with Crippen molar-refractivity contribution in [3.05, 3.63) is 0 Å². The second kappa shape index (κ2) is 8.36. The van der Waals surface area contributed by atoms with Gasteiger partial charge in [-0.1, -0.05) is 13.8 Å². The lowest BCUT2D eigenvalue weighted by atomic mass is 10.1. The largest absolute Gasteiger partial charge is 0.356 e. The summed E-state index contributed by atoms with van der Waals surface area (Å²) in [7, 11) is 0. The van der Waals surface area contributed by atoms with Gasteiger partial charge in [0.25, 0.3) is 0 Å². The number of amides is 1. The average Bonchev–Trinajstić information content (AvgIpc) is 2.12. The van der Waals surface area contributed by atoms with E-state index in [1.807, 2.05) is 6.92 Å². The zero-order chi connectivity index (χ0) is 10.1. The van der Waals surface area contributed by atoms with E-state index >= 15 is 0 Å². The molecule has 0 bridgehead atoms. The highest BCUT2D eigenvalue weighted by Crippen LogP contribution is 2.05. The second-order valence-electron chi connectivity index (χ2n) is 3.50. The SMILES string of the molecule is CCCC(=O)NCCCC(C)CCl. The van der Waals surface area contributed by atoms with Crippen LogP contribution in [0.4, 0.5) is 0 Å². The van der Waals surface area contributed by atoms with Gasteiger partial charge >= 0.3 is 0 Å². The summed E-state index contributed by atoms with van der Waals surface area (Å²) in [6.07, 6.45) is 3.69. The van der Waals surface area contributed by atoms with Crippen molar-refractivity contribution < 1.29 is 4.79 Å². The molecule has 0 radical (unpaired) electrons. The average molecular weight is 206 g/mol. The molecule has 0 saturated heterocycles. The van der Waals surface area contributed by atoms with Crippen LogP contribution in [0.5, 0.6) is 0 Å². The van der Waals surface area contributed by atoms with Crippen molar-refractivity contribution >= 4 is 17.5 Å². The molecule has 1 N–H and O–H groups in total. The number of halogens is 1. The number of rotatable bonds is 7. The summed E-state index contributed by atoms with van der Waals surface area (Å²) >= 11 is 5.66. The van der Waals surface area contributed by atoms with Gasteiger partial charge in [0.15, 0.2) is 0 Å². The van der Waals surface area contributed by atoms with Gasteiger partial charge in [-0.25, -0.2) is 0 Å². The number of carbonyl (C=O) groups excluding carboxylic acids is 1. The van der Waals surface area contributed by atoms with Crippen LogP contribution in [0, 0.1) is 5.92 Å². The van der Waals surface area contributed by atoms with Crippen LogP contribution in [-0.4, -0.2) is 18.3 Å². The van der Waals surface area contributed by atoms with Gasteiger partial charge < -0.3 is 5.32 Å². The maximum absolute atomic E-state index is 11.0. The molecule has 3 heteroatoms. The lowest BCUT2D eigenvalue weighted by molar-refractivity contribution is -0.121. The van der Waals surface area contributed by atoms with Gasteiger partial charge in [0.2, 0.25) is 5.91 Å². The second-order valence-corrected chi connectivity index (χ2v) is 3.81. The van der Waals surface area contributed by atoms with E-state index in [1.54, 1.807) is 0 Å². The molecule has 0 aromatic heterocycles. The highest BCUT2D eigenvalue weighted by molar-refractivity contribution is 6.18. The van der Waals surface area contributed by atoms with Crippen LogP contribution >= 0.6 is 11.6 Å². The summed E-state index contributed by atoms with van der Waals surface area (Å²) in [6.45, 7) is 4.93. The van der Waals surface area contributed by atoms with Gasteiger partial charge in [0.1, 0.15) is 0 Å². The summed E-state index contributed by atoms with van der Waals surface area (Å²) in [5.74, 6) is 1.44. The Hall–Kier alpha value is -0.240. The van der Waals surface area contributed by atoms with Gasteiger partial charge in [0, 0.05) is 18.8 Å². The van der Waals surface area contributed by atoms with Crippen LogP contribution in [-0.2, 0) is 4.79 Å². The number of carbonyl (C=O) groups is 1. The van der Waals surface area contributed by atoms with E-state index in [0.717, 1.165) is 25.8 Å². The van der Waals surface area contributed by atoms with Gasteiger partial charge in [-0.3, -0.25) is 4.79 Å². The topological polar surface area (TPSA) is 29.1 Å². The molecule has 0 fully saturated rings. The molecule has 0 rings (SSSR count). The zero-order valence-electron chi connectivity index (χ0n) is 8.61. The first-order valence-electron chi connectivity index (χ1n) is 5.03. The van der Waals surface area contributed by atoms with Crippen LogP contribution in [0.25, 0.3) is 0 Å². The van der Waals surface area contributed by atoms with Crippen molar-refractivity contribution in [3.8, 4) is 0 Å². The van der Waals surface area contributed by atoms with Crippen LogP contribution in [0.2, 0.25) is 0 Å². The number of nitrogens with one attached hydrogen (secondary N) is 1. The zero-order valence-corrected chi connectivity index (χ0v) is 9.36. The van der Waals surface area contributed by atoms with E-state index < -0.39 is 0 Å². The van der Waals surface area contributed by atoms with E-state index in [1.165, 1.54) is 0 Å². The van der Waals surface area contributed by atoms with Crippen molar-refractivity contribution in [3.63, 3.8) is 0 Å². The van der Waals surface area contributed by atoms with Gasteiger partial charge in [-0.15, -0.1) is 11.6 Å². The van der Waals surface area contributed by atoms with Crippen LogP contribution in [0.15, 0.2) is 0 Å². The molecule has 0 aliphatic rings. The van der Waals surface area contributed by atoms with Crippen molar-refractivity contribution in [2.75, 3.05) is 12.4 Å². The molecule has 0 spiro atoms. The molecule has 0 heterocycles. The van der Waals surface area contributed by atoms with Crippen molar-refractivity contribution in [2.45, 2.75) is 39.5 Å². The molecule has 0 aliphatic carbocycles. The summed E-state index contributed by atoms with van der Waals surface area (Å²) in [5.41, 5.74) is 0. The Kier molecular flexibility index (Phi) is 8.21. The lowest BCUT2D eigenvalue weighted by Gasteiger charge is -2.07. The quantitative estimate of drug-likeness (QED) is 0.503. The molecule has 0 aromatic carbocycles. The van der Waals surface area contributed by atoms with Crippen molar-refractivity contribution in [2.24, 2.45) is 5.92 Å². The Bertz CT molecular complexity index is 139. The lowest BCUT2D eigenvalue weighted by Crippen LogP contribution is -2.24. The van der Waals surface area contributed by atoms with Gasteiger partial charge in [-0.2, -0.15) is 0 Å². The van der Waals surface area contributed by atoms with E-state index in [9.17, 15) is 4.79 Å². The third-order valence-electron chi connectivity index (χ3n) is 1.94. The molecular weight excluding hydrogens is 186 g/mol. The smallest absolute Gasteiger partial charge is 0.219 e. The predicted molar refractivity (Wildman–Crippen MR) is 57.0 cm³/mol.